The molecule has 4 aromatic rings. The van der Waals surface area contributed by atoms with Gasteiger partial charge in [-0.1, -0.05) is 18.5 Å². The number of amides is 1. The number of aromatic nitrogens is 5. The van der Waals surface area contributed by atoms with E-state index in [0.29, 0.717) is 89.0 Å². The highest BCUT2D eigenvalue weighted by molar-refractivity contribution is 6.36. The van der Waals surface area contributed by atoms with Crippen LogP contribution in [-0.2, 0) is 16.1 Å². The van der Waals surface area contributed by atoms with E-state index < -0.39 is 5.41 Å². The predicted molar refractivity (Wildman–Crippen MR) is 170 cm³/mol. The summed E-state index contributed by atoms with van der Waals surface area (Å²) in [5, 5.41) is 22.3. The number of fused-ring (bicyclic) bond motifs is 1. The Morgan fingerprint density at radius 3 is 2.60 bits per heavy atom. The maximum absolute atomic E-state index is 13.3. The van der Waals surface area contributed by atoms with E-state index in [9.17, 15) is 14.3 Å². The molecule has 7 rings (SSSR count). The summed E-state index contributed by atoms with van der Waals surface area (Å²) in [6, 6.07) is 7.96. The smallest absolute Gasteiger partial charge is 0.230 e. The number of carbonyl (C=O) groups excluding carboxylic acids is 1. The van der Waals surface area contributed by atoms with Crippen LogP contribution in [0.4, 0.5) is 21.7 Å². The topological polar surface area (TPSA) is 130 Å². The van der Waals surface area contributed by atoms with Crippen molar-refractivity contribution in [2.24, 2.45) is 5.41 Å². The molecule has 1 aromatic carbocycles. The number of hydrogen-bond donors (Lipinski definition) is 3. The first-order valence-corrected chi connectivity index (χ1v) is 16.0. The summed E-state index contributed by atoms with van der Waals surface area (Å²) >= 11 is 6.89. The predicted octanol–water partition coefficient (Wildman–Crippen LogP) is 5.69. The van der Waals surface area contributed by atoms with E-state index in [2.05, 4.69) is 20.5 Å². The summed E-state index contributed by atoms with van der Waals surface area (Å²) in [7, 11) is 0. The Hall–Kier alpha value is -3.87. The molecule has 3 N–H and O–H groups in total. The van der Waals surface area contributed by atoms with Gasteiger partial charge in [-0.05, 0) is 75.3 Å². The van der Waals surface area contributed by atoms with Gasteiger partial charge < -0.3 is 25.4 Å². The Morgan fingerprint density at radius 2 is 1.91 bits per heavy atom. The van der Waals surface area contributed by atoms with Gasteiger partial charge in [0.25, 0.3) is 0 Å². The molecule has 1 atom stereocenters. The zero-order valence-corrected chi connectivity index (χ0v) is 25.9. The lowest BCUT2D eigenvalue weighted by Crippen LogP contribution is -2.45. The number of nitrogens with one attached hydrogen (secondary N) is 2. The van der Waals surface area contributed by atoms with Crippen molar-refractivity contribution in [2.45, 2.75) is 70.7 Å². The highest BCUT2D eigenvalue weighted by atomic mass is 35.5. The van der Waals surface area contributed by atoms with Crippen molar-refractivity contribution < 1.29 is 19.0 Å². The third-order valence-corrected chi connectivity index (χ3v) is 9.42. The Morgan fingerprint density at radius 1 is 1.13 bits per heavy atom. The van der Waals surface area contributed by atoms with Crippen LogP contribution in [0.15, 0.2) is 36.5 Å². The Kier molecular flexibility index (Phi) is 8.05. The van der Waals surface area contributed by atoms with Crippen LogP contribution in [0.25, 0.3) is 22.4 Å². The maximum Gasteiger partial charge on any atom is 0.230 e. The second-order valence-corrected chi connectivity index (χ2v) is 12.8. The molecule has 1 amide bonds. The van der Waals surface area contributed by atoms with Crippen LogP contribution < -0.4 is 15.5 Å². The first-order chi connectivity index (χ1) is 21.8. The number of piperidine rings is 1. The van der Waals surface area contributed by atoms with E-state index in [4.69, 9.17) is 31.4 Å². The average Bonchev–Trinajstić information content (AvgIpc) is 3.81. The molecular formula is C32H36ClFN8O3. The zero-order chi connectivity index (χ0) is 31.1. The molecule has 45 heavy (non-hydrogen) atoms. The number of pyridine rings is 1. The summed E-state index contributed by atoms with van der Waals surface area (Å²) in [4.78, 5) is 29.8. The molecule has 2 saturated heterocycles. The fourth-order valence-corrected chi connectivity index (χ4v) is 6.29. The van der Waals surface area contributed by atoms with Crippen molar-refractivity contribution in [3.05, 3.63) is 53.1 Å². The van der Waals surface area contributed by atoms with Crippen LogP contribution in [-0.4, -0.2) is 61.5 Å². The van der Waals surface area contributed by atoms with Gasteiger partial charge in [-0.15, -0.1) is 0 Å². The fourth-order valence-electron chi connectivity index (χ4n) is 6.03. The molecule has 1 aliphatic carbocycles. The number of anilines is 3. The standard InChI is InChI=1S/C32H36ClFN8O3/c1-32(31(44)37-21-7-5-19(34)6-8-21)12-15-41(16-13-32)29-23(18-43)38-27-26(22-11-14-35-28(25(22)33)36-20-9-10-20)40-42(30(27)39-29)24-4-2-3-17-45-24/h5-8,11,14,20,24,43H,2-4,9-10,12-13,15-18H2,1H3,(H,35,36)(H,37,44). The van der Waals surface area contributed by atoms with Crippen LogP contribution in [0.5, 0.6) is 0 Å². The van der Waals surface area contributed by atoms with Crippen molar-refractivity contribution >= 4 is 46.0 Å². The minimum atomic E-state index is -0.628. The number of aliphatic hydroxyl groups excluding tert-OH is 1. The molecule has 1 unspecified atom stereocenters. The number of hydrogen-bond acceptors (Lipinski definition) is 9. The molecule has 2 aliphatic heterocycles. The number of rotatable bonds is 8. The monoisotopic (exact) mass is 634 g/mol. The third-order valence-electron chi connectivity index (χ3n) is 9.04. The van der Waals surface area contributed by atoms with E-state index >= 15 is 0 Å². The summed E-state index contributed by atoms with van der Waals surface area (Å²) in [6.45, 7) is 3.33. The molecule has 0 radical (unpaired) electrons. The maximum atomic E-state index is 13.3. The van der Waals surface area contributed by atoms with E-state index in [-0.39, 0.29) is 24.6 Å². The number of aliphatic hydroxyl groups is 1. The first-order valence-electron chi connectivity index (χ1n) is 15.6. The molecule has 3 aromatic heterocycles. The van der Waals surface area contributed by atoms with Crippen LogP contribution in [0.3, 0.4) is 0 Å². The van der Waals surface area contributed by atoms with Gasteiger partial charge in [0.15, 0.2) is 17.7 Å². The minimum Gasteiger partial charge on any atom is -0.390 e. The van der Waals surface area contributed by atoms with Crippen LogP contribution in [0.2, 0.25) is 5.02 Å². The minimum absolute atomic E-state index is 0.111. The second kappa shape index (κ2) is 12.1. The van der Waals surface area contributed by atoms with Gasteiger partial charge in [-0.2, -0.15) is 5.10 Å². The number of carbonyl (C=O) groups is 1. The SMILES string of the molecule is CC1(C(=O)Nc2ccc(F)cc2)CCN(c2nc3c(nc2CO)c(-c2ccnc(NC4CC4)c2Cl)nn3C2CCCCO2)CC1. The molecule has 13 heteroatoms. The zero-order valence-electron chi connectivity index (χ0n) is 25.1. The number of halogens is 2. The van der Waals surface area contributed by atoms with E-state index in [1.165, 1.54) is 12.1 Å². The first kappa shape index (κ1) is 29.8. The summed E-state index contributed by atoms with van der Waals surface area (Å²) in [6.07, 6.45) is 7.48. The summed E-state index contributed by atoms with van der Waals surface area (Å²) < 4.78 is 21.3. The van der Waals surface area contributed by atoms with Crippen molar-refractivity contribution in [3.63, 3.8) is 0 Å². The molecular weight excluding hydrogens is 599 g/mol. The van der Waals surface area contributed by atoms with Gasteiger partial charge in [-0.3, -0.25) is 4.79 Å². The molecule has 3 fully saturated rings. The molecule has 1 saturated carbocycles. The van der Waals surface area contributed by atoms with Crippen molar-refractivity contribution in [1.29, 1.82) is 0 Å². The number of nitrogens with zero attached hydrogens (tertiary/aromatic N) is 6. The van der Waals surface area contributed by atoms with E-state index in [0.717, 1.165) is 32.1 Å². The van der Waals surface area contributed by atoms with Gasteiger partial charge in [0.05, 0.1) is 17.0 Å². The normalized spacial score (nSPS) is 19.9. The van der Waals surface area contributed by atoms with E-state index in [1.54, 1.807) is 23.0 Å². The summed E-state index contributed by atoms with van der Waals surface area (Å²) in [5.74, 6) is 0.708. The lowest BCUT2D eigenvalue weighted by atomic mass is 9.79. The largest absolute Gasteiger partial charge is 0.390 e. The van der Waals surface area contributed by atoms with E-state index in [1.807, 2.05) is 13.0 Å². The van der Waals surface area contributed by atoms with Gasteiger partial charge in [0, 0.05) is 43.2 Å². The van der Waals surface area contributed by atoms with Crippen molar-refractivity contribution in [1.82, 2.24) is 24.7 Å². The van der Waals surface area contributed by atoms with Gasteiger partial charge in [0.2, 0.25) is 5.91 Å². The lowest BCUT2D eigenvalue weighted by molar-refractivity contribution is -0.125. The van der Waals surface area contributed by atoms with Gasteiger partial charge in [0.1, 0.15) is 28.5 Å². The number of benzene rings is 1. The Labute approximate surface area is 265 Å². The van der Waals surface area contributed by atoms with Crippen molar-refractivity contribution in [3.8, 4) is 11.3 Å². The highest BCUT2D eigenvalue weighted by Crippen LogP contribution is 2.40. The second-order valence-electron chi connectivity index (χ2n) is 12.4. The van der Waals surface area contributed by atoms with Crippen molar-refractivity contribution in [2.75, 3.05) is 35.2 Å². The molecule has 236 valence electrons. The van der Waals surface area contributed by atoms with Crippen LogP contribution in [0.1, 0.15) is 63.8 Å². The molecule has 11 nitrogen and oxygen atoms in total. The molecule has 5 heterocycles. The van der Waals surface area contributed by atoms with Crippen LogP contribution in [0, 0.1) is 11.2 Å². The summed E-state index contributed by atoms with van der Waals surface area (Å²) in [5.41, 5.74) is 2.68. The molecule has 0 bridgehead atoms. The molecule has 3 aliphatic rings. The Balaban J connectivity index is 1.21. The fraction of sp³-hybridized carbons (Fsp3) is 0.469. The van der Waals surface area contributed by atoms with Gasteiger partial charge in [-0.25, -0.2) is 24.0 Å². The average molecular weight is 635 g/mol. The lowest BCUT2D eigenvalue weighted by Gasteiger charge is -2.39. The molecule has 0 spiro atoms. The highest BCUT2D eigenvalue weighted by Gasteiger charge is 2.38. The third kappa shape index (κ3) is 5.94. The van der Waals surface area contributed by atoms with Gasteiger partial charge >= 0.3 is 0 Å². The number of ether oxygens (including phenoxy) is 1. The quantitative estimate of drug-likeness (QED) is 0.224. The van der Waals surface area contributed by atoms with Crippen LogP contribution >= 0.6 is 11.6 Å². The Bertz CT molecular complexity index is 1710.